The fourth-order valence-corrected chi connectivity index (χ4v) is 2.72. The van der Waals surface area contributed by atoms with Crippen molar-refractivity contribution in [3.8, 4) is 11.3 Å². The Morgan fingerprint density at radius 1 is 0.905 bits per heavy atom. The van der Waals surface area contributed by atoms with E-state index in [1.54, 1.807) is 0 Å². The van der Waals surface area contributed by atoms with Crippen molar-refractivity contribution in [3.63, 3.8) is 0 Å². The number of fused-ring (bicyclic) bond motifs is 1. The third-order valence-electron chi connectivity index (χ3n) is 3.56. The molecule has 0 aliphatic rings. The molecule has 2 aromatic carbocycles. The molecule has 0 aliphatic carbocycles. The van der Waals surface area contributed by atoms with Crippen molar-refractivity contribution in [1.82, 2.24) is 4.57 Å². The molecule has 0 radical (unpaired) electrons. The maximum absolute atomic E-state index is 5.65. The first kappa shape index (κ1) is 14.2. The molecule has 108 valence electrons. The smallest absolute Gasteiger partial charge is 0.0646 e. The highest BCUT2D eigenvalue weighted by Crippen LogP contribution is 2.28. The summed E-state index contributed by atoms with van der Waals surface area (Å²) in [4.78, 5) is 0. The number of benzene rings is 2. The van der Waals surface area contributed by atoms with Crippen LogP contribution in [0.1, 0.15) is 0 Å². The first-order valence-electron chi connectivity index (χ1n) is 7.17. The van der Waals surface area contributed by atoms with E-state index in [-0.39, 0.29) is 0 Å². The predicted octanol–water partition coefficient (Wildman–Crippen LogP) is 4.56. The highest BCUT2D eigenvalue weighted by atomic mass is 35.5. The number of halogens is 1. The predicted molar refractivity (Wildman–Crippen MR) is 88.9 cm³/mol. The molecule has 0 fully saturated rings. The molecular weight excluding hydrogens is 282 g/mol. The average Bonchev–Trinajstić information content (AvgIpc) is 2.91. The Balaban J connectivity index is 1.98. The van der Waals surface area contributed by atoms with E-state index in [4.69, 9.17) is 16.3 Å². The van der Waals surface area contributed by atoms with Crippen LogP contribution in [-0.4, -0.2) is 23.7 Å². The Labute approximate surface area is 129 Å². The van der Waals surface area contributed by atoms with Crippen LogP contribution in [0.15, 0.2) is 60.7 Å². The van der Waals surface area contributed by atoms with Gasteiger partial charge in [0.25, 0.3) is 0 Å². The van der Waals surface area contributed by atoms with Crippen molar-refractivity contribution in [2.75, 3.05) is 19.1 Å². The molecule has 1 aromatic heterocycles. The van der Waals surface area contributed by atoms with Crippen LogP contribution in [0, 0.1) is 0 Å². The van der Waals surface area contributed by atoms with Crippen molar-refractivity contribution >= 4 is 22.5 Å². The number of aromatic nitrogens is 1. The van der Waals surface area contributed by atoms with Gasteiger partial charge in [-0.15, -0.1) is 11.6 Å². The SMILES string of the molecule is ClCCOCCn1c(-c2ccccc2)cc2ccccc21. The summed E-state index contributed by atoms with van der Waals surface area (Å²) in [5.74, 6) is 0.540. The first-order chi connectivity index (χ1) is 10.4. The quantitative estimate of drug-likeness (QED) is 0.480. The molecule has 0 amide bonds. The maximum Gasteiger partial charge on any atom is 0.0646 e. The Kier molecular flexibility index (Phi) is 4.59. The molecule has 3 aromatic rings. The molecule has 1 heterocycles. The summed E-state index contributed by atoms with van der Waals surface area (Å²) in [5.41, 5.74) is 3.70. The van der Waals surface area contributed by atoms with Crippen LogP contribution in [0.3, 0.4) is 0 Å². The van der Waals surface area contributed by atoms with Gasteiger partial charge in [0, 0.05) is 29.0 Å². The van der Waals surface area contributed by atoms with Crippen molar-refractivity contribution < 1.29 is 4.74 Å². The van der Waals surface area contributed by atoms with Gasteiger partial charge in [-0.1, -0.05) is 48.5 Å². The van der Waals surface area contributed by atoms with E-state index < -0.39 is 0 Å². The lowest BCUT2D eigenvalue weighted by Gasteiger charge is -2.11. The van der Waals surface area contributed by atoms with E-state index in [0.29, 0.717) is 19.1 Å². The summed E-state index contributed by atoms with van der Waals surface area (Å²) in [7, 11) is 0. The first-order valence-corrected chi connectivity index (χ1v) is 7.71. The standard InChI is InChI=1S/C18H18ClNO/c19-10-12-21-13-11-20-17-9-5-4-8-16(17)14-18(20)15-6-2-1-3-7-15/h1-9,14H,10-13H2. The fourth-order valence-electron chi connectivity index (χ4n) is 2.61. The summed E-state index contributed by atoms with van der Waals surface area (Å²) >= 11 is 5.65. The van der Waals surface area contributed by atoms with Gasteiger partial charge >= 0.3 is 0 Å². The minimum absolute atomic E-state index is 0.540. The number of rotatable bonds is 6. The third-order valence-corrected chi connectivity index (χ3v) is 3.72. The maximum atomic E-state index is 5.65. The summed E-state index contributed by atoms with van der Waals surface area (Å²) in [5, 5.41) is 1.26. The molecule has 2 nitrogen and oxygen atoms in total. The summed E-state index contributed by atoms with van der Waals surface area (Å²) in [6.07, 6.45) is 0. The van der Waals surface area contributed by atoms with Gasteiger partial charge in [-0.25, -0.2) is 0 Å². The number of ether oxygens (including phenoxy) is 1. The van der Waals surface area contributed by atoms with E-state index in [2.05, 4.69) is 59.2 Å². The zero-order valence-electron chi connectivity index (χ0n) is 11.8. The van der Waals surface area contributed by atoms with Crippen LogP contribution in [0.2, 0.25) is 0 Å². The Morgan fingerprint density at radius 3 is 2.48 bits per heavy atom. The van der Waals surface area contributed by atoms with E-state index in [1.165, 1.54) is 22.2 Å². The van der Waals surface area contributed by atoms with E-state index in [9.17, 15) is 0 Å². The van der Waals surface area contributed by atoms with Crippen molar-refractivity contribution in [1.29, 1.82) is 0 Å². The lowest BCUT2D eigenvalue weighted by atomic mass is 10.1. The molecule has 0 saturated heterocycles. The molecule has 0 atom stereocenters. The second-order valence-corrected chi connectivity index (χ2v) is 5.29. The second-order valence-electron chi connectivity index (χ2n) is 4.91. The third kappa shape index (κ3) is 3.12. The normalized spacial score (nSPS) is 11.1. The molecule has 21 heavy (non-hydrogen) atoms. The van der Waals surface area contributed by atoms with Gasteiger partial charge in [0.15, 0.2) is 0 Å². The Hall–Kier alpha value is -1.77. The molecule has 0 saturated carbocycles. The number of alkyl halides is 1. The highest BCUT2D eigenvalue weighted by Gasteiger charge is 2.09. The van der Waals surface area contributed by atoms with E-state index >= 15 is 0 Å². The fraction of sp³-hybridized carbons (Fsp3) is 0.222. The van der Waals surface area contributed by atoms with Gasteiger partial charge in [-0.3, -0.25) is 0 Å². The van der Waals surface area contributed by atoms with Crippen LogP contribution in [0.25, 0.3) is 22.2 Å². The number of nitrogens with zero attached hydrogens (tertiary/aromatic N) is 1. The monoisotopic (exact) mass is 299 g/mol. The lowest BCUT2D eigenvalue weighted by molar-refractivity contribution is 0.142. The molecule has 0 unspecified atom stereocenters. The second kappa shape index (κ2) is 6.79. The van der Waals surface area contributed by atoms with Gasteiger partial charge in [0.2, 0.25) is 0 Å². The molecule has 3 heteroatoms. The molecule has 0 spiro atoms. The van der Waals surface area contributed by atoms with Crippen LogP contribution < -0.4 is 0 Å². The minimum atomic E-state index is 0.540. The Bertz CT molecular complexity index is 706. The van der Waals surface area contributed by atoms with Gasteiger partial charge in [-0.2, -0.15) is 0 Å². The van der Waals surface area contributed by atoms with Gasteiger partial charge in [-0.05, 0) is 17.7 Å². The average molecular weight is 300 g/mol. The number of hydrogen-bond donors (Lipinski definition) is 0. The molecule has 0 aliphatic heterocycles. The summed E-state index contributed by atoms with van der Waals surface area (Å²) in [6.45, 7) is 2.10. The minimum Gasteiger partial charge on any atom is -0.378 e. The lowest BCUT2D eigenvalue weighted by Crippen LogP contribution is -2.08. The molecule has 0 bridgehead atoms. The van der Waals surface area contributed by atoms with Crippen molar-refractivity contribution in [3.05, 3.63) is 60.7 Å². The van der Waals surface area contributed by atoms with Crippen LogP contribution >= 0.6 is 11.6 Å². The number of hydrogen-bond acceptors (Lipinski definition) is 1. The van der Waals surface area contributed by atoms with Crippen LogP contribution in [-0.2, 0) is 11.3 Å². The zero-order valence-corrected chi connectivity index (χ0v) is 12.6. The molecule has 0 N–H and O–H groups in total. The Morgan fingerprint density at radius 2 is 1.67 bits per heavy atom. The van der Waals surface area contributed by atoms with Crippen molar-refractivity contribution in [2.24, 2.45) is 0 Å². The van der Waals surface area contributed by atoms with Gasteiger partial charge in [0.1, 0.15) is 0 Å². The molecular formula is C18H18ClNO. The van der Waals surface area contributed by atoms with Gasteiger partial charge in [0.05, 0.1) is 13.2 Å². The number of para-hydroxylation sites is 1. The van der Waals surface area contributed by atoms with Crippen molar-refractivity contribution in [2.45, 2.75) is 6.54 Å². The largest absolute Gasteiger partial charge is 0.378 e. The van der Waals surface area contributed by atoms with E-state index in [1.807, 2.05) is 6.07 Å². The van der Waals surface area contributed by atoms with Gasteiger partial charge < -0.3 is 9.30 Å². The molecule has 3 rings (SSSR count). The summed E-state index contributed by atoms with van der Waals surface area (Å²) in [6, 6.07) is 21.2. The topological polar surface area (TPSA) is 14.2 Å². The zero-order chi connectivity index (χ0) is 14.5. The van der Waals surface area contributed by atoms with E-state index in [0.717, 1.165) is 6.54 Å². The highest BCUT2D eigenvalue weighted by molar-refractivity contribution is 6.17. The van der Waals surface area contributed by atoms with Crippen LogP contribution in [0.5, 0.6) is 0 Å². The van der Waals surface area contributed by atoms with Crippen LogP contribution in [0.4, 0.5) is 0 Å². The summed E-state index contributed by atoms with van der Waals surface area (Å²) < 4.78 is 7.86.